The Balaban J connectivity index is 2.06. The highest BCUT2D eigenvalue weighted by molar-refractivity contribution is 8.00. The van der Waals surface area contributed by atoms with Crippen LogP contribution in [0.5, 0.6) is 0 Å². The van der Waals surface area contributed by atoms with Gasteiger partial charge in [-0.05, 0) is 23.3 Å². The van der Waals surface area contributed by atoms with Gasteiger partial charge in [-0.2, -0.15) is 11.8 Å². The lowest BCUT2D eigenvalue weighted by atomic mass is 9.91. The molecule has 0 aromatic heterocycles. The minimum Gasteiger partial charge on any atom is -0.502 e. The summed E-state index contributed by atoms with van der Waals surface area (Å²) in [4.78, 5) is 0. The Morgan fingerprint density at radius 3 is 2.80 bits per heavy atom. The van der Waals surface area contributed by atoms with Crippen molar-refractivity contribution in [3.63, 3.8) is 0 Å². The molecule has 1 rings (SSSR count). The average molecular weight is 158 g/mol. The summed E-state index contributed by atoms with van der Waals surface area (Å²) in [7, 11) is 0. The maximum atomic E-state index is 5.06. The van der Waals surface area contributed by atoms with Crippen molar-refractivity contribution in [2.75, 3.05) is 18.1 Å². The fraction of sp³-hybridized carbons (Fsp3) is 0.750. The monoisotopic (exact) mass is 158 g/mol. The third-order valence-electron chi connectivity index (χ3n) is 1.84. The van der Waals surface area contributed by atoms with E-state index in [-0.39, 0.29) is 0 Å². The van der Waals surface area contributed by atoms with Crippen molar-refractivity contribution < 1.29 is 4.74 Å². The predicted molar refractivity (Wildman–Crippen MR) is 46.2 cm³/mol. The average Bonchev–Trinajstić information content (AvgIpc) is 1.85. The molecule has 0 aliphatic carbocycles. The summed E-state index contributed by atoms with van der Waals surface area (Å²) < 4.78 is 5.06. The van der Waals surface area contributed by atoms with Crippen LogP contribution in [0.1, 0.15) is 13.3 Å². The second kappa shape index (κ2) is 3.33. The van der Waals surface area contributed by atoms with Crippen molar-refractivity contribution in [2.24, 2.45) is 5.41 Å². The summed E-state index contributed by atoms with van der Waals surface area (Å²) in [6, 6.07) is 0. The molecule has 0 amide bonds. The maximum absolute atomic E-state index is 5.06. The van der Waals surface area contributed by atoms with Crippen LogP contribution in [0.3, 0.4) is 0 Å². The first-order chi connectivity index (χ1) is 4.77. The van der Waals surface area contributed by atoms with Gasteiger partial charge in [-0.15, -0.1) is 0 Å². The van der Waals surface area contributed by atoms with Crippen molar-refractivity contribution in [2.45, 2.75) is 13.3 Å². The zero-order valence-electron chi connectivity index (χ0n) is 6.43. The van der Waals surface area contributed by atoms with Gasteiger partial charge in [0.05, 0.1) is 12.9 Å². The molecule has 10 heavy (non-hydrogen) atoms. The van der Waals surface area contributed by atoms with Crippen LogP contribution in [-0.4, -0.2) is 18.1 Å². The molecular formula is C8H14OS. The summed E-state index contributed by atoms with van der Waals surface area (Å²) in [6.07, 6.45) is 2.70. The molecule has 2 heteroatoms. The van der Waals surface area contributed by atoms with Gasteiger partial charge >= 0.3 is 0 Å². The summed E-state index contributed by atoms with van der Waals surface area (Å²) in [5, 5.41) is 0. The molecule has 1 aliphatic heterocycles. The van der Waals surface area contributed by atoms with Crippen molar-refractivity contribution in [3.8, 4) is 0 Å². The van der Waals surface area contributed by atoms with Crippen LogP contribution < -0.4 is 0 Å². The lowest BCUT2D eigenvalue weighted by Gasteiger charge is -2.37. The van der Waals surface area contributed by atoms with E-state index in [0.29, 0.717) is 5.41 Å². The van der Waals surface area contributed by atoms with Gasteiger partial charge in [0.25, 0.3) is 0 Å². The molecule has 0 saturated carbocycles. The van der Waals surface area contributed by atoms with E-state index in [1.165, 1.54) is 24.2 Å². The fourth-order valence-corrected chi connectivity index (χ4v) is 2.17. The molecule has 0 aromatic rings. The van der Waals surface area contributed by atoms with E-state index < -0.39 is 0 Å². The second-order valence-corrected chi connectivity index (χ2v) is 4.08. The predicted octanol–water partition coefficient (Wildman–Crippen LogP) is 2.29. The first kappa shape index (κ1) is 7.99. The quantitative estimate of drug-likeness (QED) is 0.458. The molecule has 1 fully saturated rings. The zero-order valence-corrected chi connectivity index (χ0v) is 7.25. The molecule has 1 saturated heterocycles. The van der Waals surface area contributed by atoms with Crippen LogP contribution in [0, 0.1) is 5.41 Å². The molecule has 58 valence electrons. The molecule has 1 aliphatic rings. The third-order valence-corrected chi connectivity index (χ3v) is 3.64. The smallest absolute Gasteiger partial charge is 0.0878 e. The van der Waals surface area contributed by atoms with E-state index in [0.717, 1.165) is 6.61 Å². The topological polar surface area (TPSA) is 9.23 Å². The Morgan fingerprint density at radius 2 is 2.40 bits per heavy atom. The molecule has 0 aromatic carbocycles. The van der Waals surface area contributed by atoms with Gasteiger partial charge in [0.1, 0.15) is 0 Å². The Labute approximate surface area is 66.8 Å². The lowest BCUT2D eigenvalue weighted by molar-refractivity contribution is 0.197. The van der Waals surface area contributed by atoms with Crippen molar-refractivity contribution in [3.05, 3.63) is 12.8 Å². The number of hydrogen-bond acceptors (Lipinski definition) is 2. The van der Waals surface area contributed by atoms with E-state index in [1.807, 2.05) is 11.8 Å². The first-order valence-corrected chi connectivity index (χ1v) is 4.73. The SMILES string of the molecule is C=COCCC1(C)CSC1. The van der Waals surface area contributed by atoms with Crippen LogP contribution in [0.25, 0.3) is 0 Å². The molecule has 0 spiro atoms. The molecule has 0 unspecified atom stereocenters. The highest BCUT2D eigenvalue weighted by Crippen LogP contribution is 2.40. The number of rotatable bonds is 4. The summed E-state index contributed by atoms with van der Waals surface area (Å²) in [6.45, 7) is 6.65. The lowest BCUT2D eigenvalue weighted by Crippen LogP contribution is -2.33. The third kappa shape index (κ3) is 1.94. The summed E-state index contributed by atoms with van der Waals surface area (Å²) in [5.41, 5.74) is 0.563. The summed E-state index contributed by atoms with van der Waals surface area (Å²) in [5.74, 6) is 2.60. The van der Waals surface area contributed by atoms with E-state index >= 15 is 0 Å². The van der Waals surface area contributed by atoms with Gasteiger partial charge in [0.2, 0.25) is 0 Å². The molecule has 1 nitrogen and oxygen atoms in total. The number of hydrogen-bond donors (Lipinski definition) is 0. The van der Waals surface area contributed by atoms with Gasteiger partial charge in [-0.1, -0.05) is 13.5 Å². The van der Waals surface area contributed by atoms with Crippen LogP contribution in [0.2, 0.25) is 0 Å². The van der Waals surface area contributed by atoms with Crippen molar-refractivity contribution >= 4 is 11.8 Å². The van der Waals surface area contributed by atoms with Crippen molar-refractivity contribution in [1.29, 1.82) is 0 Å². The van der Waals surface area contributed by atoms with Gasteiger partial charge in [0, 0.05) is 0 Å². The normalized spacial score (nSPS) is 21.3. The van der Waals surface area contributed by atoms with Gasteiger partial charge in [-0.25, -0.2) is 0 Å². The Bertz CT molecular complexity index is 118. The number of ether oxygens (including phenoxy) is 1. The number of thioether (sulfide) groups is 1. The highest BCUT2D eigenvalue weighted by Gasteiger charge is 2.31. The fourth-order valence-electron chi connectivity index (χ4n) is 0.984. The molecule has 0 radical (unpaired) electrons. The first-order valence-electron chi connectivity index (χ1n) is 3.57. The van der Waals surface area contributed by atoms with Crippen LogP contribution in [0.4, 0.5) is 0 Å². The standard InChI is InChI=1S/C8H14OS/c1-3-9-5-4-8(2)6-10-7-8/h3H,1,4-7H2,2H3. The Morgan fingerprint density at radius 1 is 1.70 bits per heavy atom. The van der Waals surface area contributed by atoms with Crippen molar-refractivity contribution in [1.82, 2.24) is 0 Å². The Hall–Kier alpha value is -0.110. The van der Waals surface area contributed by atoms with Crippen LogP contribution in [0.15, 0.2) is 12.8 Å². The van der Waals surface area contributed by atoms with E-state index in [9.17, 15) is 0 Å². The molecule has 1 heterocycles. The largest absolute Gasteiger partial charge is 0.502 e. The molecule has 0 N–H and O–H groups in total. The van der Waals surface area contributed by atoms with E-state index in [2.05, 4.69) is 13.5 Å². The minimum atomic E-state index is 0.563. The minimum absolute atomic E-state index is 0.563. The van der Waals surface area contributed by atoms with E-state index in [1.54, 1.807) is 0 Å². The zero-order chi connectivity index (χ0) is 7.45. The van der Waals surface area contributed by atoms with Crippen LogP contribution >= 0.6 is 11.8 Å². The van der Waals surface area contributed by atoms with Gasteiger partial charge < -0.3 is 4.74 Å². The second-order valence-electron chi connectivity index (χ2n) is 3.09. The highest BCUT2D eigenvalue weighted by atomic mass is 32.2. The Kier molecular flexibility index (Phi) is 2.66. The molecule has 0 bridgehead atoms. The molecule has 0 atom stereocenters. The van der Waals surface area contributed by atoms with Gasteiger partial charge in [-0.3, -0.25) is 0 Å². The van der Waals surface area contributed by atoms with Gasteiger partial charge in [0.15, 0.2) is 0 Å². The maximum Gasteiger partial charge on any atom is 0.0878 e. The van der Waals surface area contributed by atoms with Crippen LogP contribution in [-0.2, 0) is 4.74 Å². The molecular weight excluding hydrogens is 144 g/mol. The van der Waals surface area contributed by atoms with E-state index in [4.69, 9.17) is 4.74 Å². The summed E-state index contributed by atoms with van der Waals surface area (Å²) >= 11 is 2.02.